The van der Waals surface area contributed by atoms with Gasteiger partial charge in [-0.2, -0.15) is 5.10 Å². The molecule has 1 aliphatic heterocycles. The molecule has 6 N–H and O–H groups in total. The van der Waals surface area contributed by atoms with Gasteiger partial charge in [0.15, 0.2) is 5.82 Å². The molecule has 1 aromatic heterocycles. The number of nitrogens with two attached hydrogens (primary N) is 1. The van der Waals surface area contributed by atoms with Crippen LogP contribution < -0.4 is 21.3 Å². The summed E-state index contributed by atoms with van der Waals surface area (Å²) in [6.07, 6.45) is 0. The number of morpholine rings is 1. The van der Waals surface area contributed by atoms with Gasteiger partial charge < -0.3 is 31.1 Å². The summed E-state index contributed by atoms with van der Waals surface area (Å²) in [7, 11) is 0. The summed E-state index contributed by atoms with van der Waals surface area (Å²) in [5.41, 5.74) is 7.52. The average molecular weight is 426 g/mol. The summed E-state index contributed by atoms with van der Waals surface area (Å²) < 4.78 is 20.0. The molecular formula is C21H23FN6O3. The van der Waals surface area contributed by atoms with E-state index >= 15 is 0 Å². The molecule has 1 amide bonds. The van der Waals surface area contributed by atoms with E-state index in [4.69, 9.17) is 10.5 Å². The zero-order valence-corrected chi connectivity index (χ0v) is 16.7. The van der Waals surface area contributed by atoms with Crippen LogP contribution in [0.5, 0.6) is 5.75 Å². The number of nitrogens with zero attached hydrogens (tertiary/aromatic N) is 2. The van der Waals surface area contributed by atoms with Crippen molar-refractivity contribution >= 4 is 28.9 Å². The lowest BCUT2D eigenvalue weighted by atomic mass is 10.2. The van der Waals surface area contributed by atoms with Crippen LogP contribution in [0.2, 0.25) is 0 Å². The topological polar surface area (TPSA) is 129 Å². The predicted octanol–water partition coefficient (Wildman–Crippen LogP) is 2.55. The number of hydrogen-bond acceptors (Lipinski definition) is 7. The standard InChI is InChI=1S/C21H23FN6O3/c22-16-11-14(3-6-17(16)28-7-9-31-10-8-28)25-21-18(19(23)30)20(26-27-21)24-12-13-1-4-15(29)5-2-13/h1-6,11,29H,7-10,12H2,(H2,23,30)(H3,24,25,26,27). The SMILES string of the molecule is NC(=O)c1c(NCc2ccc(O)cc2)n[nH]c1Nc1ccc(N2CCOCC2)c(F)c1. The zero-order valence-electron chi connectivity index (χ0n) is 16.7. The number of primary amides is 1. The fraction of sp³-hybridized carbons (Fsp3) is 0.238. The Hall–Kier alpha value is -3.79. The Balaban J connectivity index is 1.49. The van der Waals surface area contributed by atoms with Crippen LogP contribution in [0.4, 0.5) is 27.4 Å². The maximum Gasteiger partial charge on any atom is 0.256 e. The second-order valence-electron chi connectivity index (χ2n) is 7.10. The van der Waals surface area contributed by atoms with E-state index in [1.807, 2.05) is 4.90 Å². The molecule has 0 unspecified atom stereocenters. The number of amides is 1. The third-order valence-corrected chi connectivity index (χ3v) is 4.98. The van der Waals surface area contributed by atoms with Gasteiger partial charge in [-0.25, -0.2) is 4.39 Å². The molecule has 0 atom stereocenters. The van der Waals surface area contributed by atoms with E-state index in [9.17, 15) is 14.3 Å². The minimum absolute atomic E-state index is 0.136. The summed E-state index contributed by atoms with van der Waals surface area (Å²) in [6, 6.07) is 11.4. The average Bonchev–Trinajstić information content (AvgIpc) is 3.17. The van der Waals surface area contributed by atoms with Crippen LogP contribution in [-0.2, 0) is 11.3 Å². The van der Waals surface area contributed by atoms with Gasteiger partial charge in [0, 0.05) is 25.3 Å². The van der Waals surface area contributed by atoms with Crippen LogP contribution in [0.25, 0.3) is 0 Å². The fourth-order valence-corrected chi connectivity index (χ4v) is 3.39. The molecule has 1 fully saturated rings. The number of phenolic OH excluding ortho intramolecular Hbond substituents is 1. The van der Waals surface area contributed by atoms with Crippen LogP contribution in [0.1, 0.15) is 15.9 Å². The zero-order chi connectivity index (χ0) is 21.8. The summed E-state index contributed by atoms with van der Waals surface area (Å²) in [5, 5.41) is 22.2. The Labute approximate surface area is 178 Å². The number of ether oxygens (including phenoxy) is 1. The van der Waals surface area contributed by atoms with Crippen molar-refractivity contribution in [1.29, 1.82) is 0 Å². The molecule has 2 heterocycles. The van der Waals surface area contributed by atoms with Crippen molar-refractivity contribution in [3.8, 4) is 5.75 Å². The minimum atomic E-state index is -0.685. The smallest absolute Gasteiger partial charge is 0.256 e. The van der Waals surface area contributed by atoms with Crippen LogP contribution in [0, 0.1) is 5.82 Å². The predicted molar refractivity (Wildman–Crippen MR) is 115 cm³/mol. The summed E-state index contributed by atoms with van der Waals surface area (Å²) in [5.74, 6) is -0.361. The molecule has 10 heteroatoms. The van der Waals surface area contributed by atoms with E-state index in [1.165, 1.54) is 6.07 Å². The van der Waals surface area contributed by atoms with Gasteiger partial charge in [-0.3, -0.25) is 9.89 Å². The van der Waals surface area contributed by atoms with E-state index in [0.29, 0.717) is 44.2 Å². The first-order valence-corrected chi connectivity index (χ1v) is 9.80. The van der Waals surface area contributed by atoms with Crippen molar-refractivity contribution in [3.63, 3.8) is 0 Å². The molecule has 3 aromatic rings. The van der Waals surface area contributed by atoms with Gasteiger partial charge in [0.1, 0.15) is 22.9 Å². The number of phenols is 1. The third kappa shape index (κ3) is 4.69. The molecular weight excluding hydrogens is 403 g/mol. The Bertz CT molecular complexity index is 1060. The molecule has 0 spiro atoms. The van der Waals surface area contributed by atoms with Gasteiger partial charge in [0.2, 0.25) is 0 Å². The lowest BCUT2D eigenvalue weighted by molar-refractivity contribution is 0.100. The van der Waals surface area contributed by atoms with Crippen molar-refractivity contribution < 1.29 is 19.0 Å². The van der Waals surface area contributed by atoms with Crippen molar-refractivity contribution in [2.24, 2.45) is 5.73 Å². The third-order valence-electron chi connectivity index (χ3n) is 4.98. The van der Waals surface area contributed by atoms with Crippen molar-refractivity contribution in [3.05, 3.63) is 59.4 Å². The molecule has 2 aromatic carbocycles. The van der Waals surface area contributed by atoms with Gasteiger partial charge in [-0.05, 0) is 35.9 Å². The molecule has 0 radical (unpaired) electrons. The highest BCUT2D eigenvalue weighted by Crippen LogP contribution is 2.28. The normalized spacial score (nSPS) is 13.8. The van der Waals surface area contributed by atoms with Gasteiger partial charge in [-0.15, -0.1) is 0 Å². The summed E-state index contributed by atoms with van der Waals surface area (Å²) in [6.45, 7) is 2.76. The van der Waals surface area contributed by atoms with E-state index < -0.39 is 5.91 Å². The van der Waals surface area contributed by atoms with Crippen LogP contribution in [0.3, 0.4) is 0 Å². The lowest BCUT2D eigenvalue weighted by Gasteiger charge is -2.29. The highest BCUT2D eigenvalue weighted by molar-refractivity contribution is 6.03. The number of aromatic nitrogens is 2. The van der Waals surface area contributed by atoms with Gasteiger partial charge in [0.25, 0.3) is 5.91 Å². The van der Waals surface area contributed by atoms with Crippen molar-refractivity contribution in [2.75, 3.05) is 41.8 Å². The van der Waals surface area contributed by atoms with Crippen LogP contribution >= 0.6 is 0 Å². The number of aromatic amines is 1. The number of halogens is 1. The highest BCUT2D eigenvalue weighted by atomic mass is 19.1. The number of carbonyl (C=O) groups is 1. The fourth-order valence-electron chi connectivity index (χ4n) is 3.39. The molecule has 0 saturated carbocycles. The Morgan fingerprint density at radius 2 is 1.97 bits per heavy atom. The van der Waals surface area contributed by atoms with E-state index in [2.05, 4.69) is 20.8 Å². The first-order valence-electron chi connectivity index (χ1n) is 9.80. The number of H-pyrrole nitrogens is 1. The monoisotopic (exact) mass is 426 g/mol. The molecule has 0 aliphatic carbocycles. The van der Waals surface area contributed by atoms with E-state index in [1.54, 1.807) is 36.4 Å². The molecule has 4 rings (SSSR count). The van der Waals surface area contributed by atoms with E-state index in [-0.39, 0.29) is 28.8 Å². The van der Waals surface area contributed by atoms with Crippen LogP contribution in [0.15, 0.2) is 42.5 Å². The van der Waals surface area contributed by atoms with Gasteiger partial charge >= 0.3 is 0 Å². The molecule has 162 valence electrons. The molecule has 1 saturated heterocycles. The van der Waals surface area contributed by atoms with Gasteiger partial charge in [-0.1, -0.05) is 12.1 Å². The number of anilines is 4. The van der Waals surface area contributed by atoms with Crippen molar-refractivity contribution in [1.82, 2.24) is 10.2 Å². The lowest BCUT2D eigenvalue weighted by Crippen LogP contribution is -2.36. The van der Waals surface area contributed by atoms with Crippen molar-refractivity contribution in [2.45, 2.75) is 6.54 Å². The maximum absolute atomic E-state index is 14.7. The van der Waals surface area contributed by atoms with E-state index in [0.717, 1.165) is 5.56 Å². The first kappa shape index (κ1) is 20.5. The molecule has 9 nitrogen and oxygen atoms in total. The second-order valence-corrected chi connectivity index (χ2v) is 7.10. The highest BCUT2D eigenvalue weighted by Gasteiger charge is 2.20. The molecule has 31 heavy (non-hydrogen) atoms. The molecule has 0 bridgehead atoms. The molecule has 1 aliphatic rings. The summed E-state index contributed by atoms with van der Waals surface area (Å²) in [4.78, 5) is 14.0. The minimum Gasteiger partial charge on any atom is -0.508 e. The first-order chi connectivity index (χ1) is 15.0. The Morgan fingerprint density at radius 3 is 2.65 bits per heavy atom. The maximum atomic E-state index is 14.7. The Kier molecular flexibility index (Phi) is 5.89. The number of aromatic hydroxyl groups is 1. The largest absolute Gasteiger partial charge is 0.508 e. The van der Waals surface area contributed by atoms with Crippen LogP contribution in [-0.4, -0.2) is 47.5 Å². The number of carbonyl (C=O) groups excluding carboxylic acids is 1. The summed E-state index contributed by atoms with van der Waals surface area (Å²) >= 11 is 0. The number of rotatable bonds is 7. The quantitative estimate of drug-likeness (QED) is 0.393. The number of nitrogens with one attached hydrogen (secondary N) is 3. The number of hydrogen-bond donors (Lipinski definition) is 5. The number of benzene rings is 2. The second kappa shape index (κ2) is 8.92. The van der Waals surface area contributed by atoms with Gasteiger partial charge in [0.05, 0.1) is 18.9 Å². The Morgan fingerprint density at radius 1 is 1.23 bits per heavy atom.